The molecule has 0 saturated heterocycles. The number of benzene rings is 1. The maximum absolute atomic E-state index is 12.7. The minimum atomic E-state index is -4.49. The SMILES string of the molecule is FC(F)(F)c1ccc(Oc2ncccc2-c2ccccc2OCC2CCC2)cn1. The molecule has 4 rings (SSSR count). The highest BCUT2D eigenvalue weighted by atomic mass is 19.4. The fraction of sp³-hybridized carbons (Fsp3) is 0.273. The van der Waals surface area contributed by atoms with E-state index in [2.05, 4.69) is 9.97 Å². The van der Waals surface area contributed by atoms with Crippen molar-refractivity contribution < 1.29 is 22.6 Å². The fourth-order valence-corrected chi connectivity index (χ4v) is 3.08. The molecule has 0 amide bonds. The number of rotatable bonds is 6. The predicted molar refractivity (Wildman–Crippen MR) is 102 cm³/mol. The van der Waals surface area contributed by atoms with Crippen molar-refractivity contribution in [3.63, 3.8) is 0 Å². The highest BCUT2D eigenvalue weighted by Gasteiger charge is 2.32. The lowest BCUT2D eigenvalue weighted by molar-refractivity contribution is -0.141. The first-order valence-corrected chi connectivity index (χ1v) is 9.39. The minimum absolute atomic E-state index is 0.172. The summed E-state index contributed by atoms with van der Waals surface area (Å²) in [6.45, 7) is 0.663. The van der Waals surface area contributed by atoms with E-state index in [1.165, 1.54) is 25.3 Å². The van der Waals surface area contributed by atoms with Crippen LogP contribution in [0.15, 0.2) is 60.9 Å². The molecule has 2 aromatic heterocycles. The van der Waals surface area contributed by atoms with Crippen LogP contribution in [0.1, 0.15) is 25.0 Å². The quantitative estimate of drug-likeness (QED) is 0.499. The Morgan fingerprint density at radius 2 is 1.72 bits per heavy atom. The van der Waals surface area contributed by atoms with Gasteiger partial charge in [0.25, 0.3) is 0 Å². The van der Waals surface area contributed by atoms with E-state index in [-0.39, 0.29) is 11.6 Å². The molecule has 1 aliphatic carbocycles. The summed E-state index contributed by atoms with van der Waals surface area (Å²) in [5.41, 5.74) is 0.534. The van der Waals surface area contributed by atoms with Gasteiger partial charge in [-0.25, -0.2) is 9.97 Å². The van der Waals surface area contributed by atoms with Crippen molar-refractivity contribution >= 4 is 0 Å². The number of halogens is 3. The van der Waals surface area contributed by atoms with Crippen molar-refractivity contribution in [2.24, 2.45) is 5.92 Å². The van der Waals surface area contributed by atoms with E-state index in [0.29, 0.717) is 18.1 Å². The maximum Gasteiger partial charge on any atom is 0.433 e. The normalized spacial score (nSPS) is 14.3. The average molecular weight is 400 g/mol. The van der Waals surface area contributed by atoms with Crippen LogP contribution in [0.4, 0.5) is 13.2 Å². The van der Waals surface area contributed by atoms with Gasteiger partial charge in [-0.2, -0.15) is 13.2 Å². The molecule has 0 unspecified atom stereocenters. The van der Waals surface area contributed by atoms with Crippen molar-refractivity contribution in [3.8, 4) is 28.5 Å². The molecule has 4 nitrogen and oxygen atoms in total. The first-order valence-electron chi connectivity index (χ1n) is 9.39. The van der Waals surface area contributed by atoms with E-state index in [1.54, 1.807) is 12.3 Å². The lowest BCUT2D eigenvalue weighted by Crippen LogP contribution is -2.19. The Morgan fingerprint density at radius 1 is 0.931 bits per heavy atom. The summed E-state index contributed by atoms with van der Waals surface area (Å²) in [5.74, 6) is 1.76. The molecule has 0 radical (unpaired) electrons. The lowest BCUT2D eigenvalue weighted by atomic mass is 9.86. The zero-order valence-electron chi connectivity index (χ0n) is 15.5. The molecule has 0 atom stereocenters. The smallest absolute Gasteiger partial charge is 0.433 e. The Hall–Kier alpha value is -3.09. The van der Waals surface area contributed by atoms with E-state index in [4.69, 9.17) is 9.47 Å². The van der Waals surface area contributed by atoms with Crippen molar-refractivity contribution in [2.45, 2.75) is 25.4 Å². The van der Waals surface area contributed by atoms with Crippen LogP contribution in [0, 0.1) is 5.92 Å². The molecule has 0 aliphatic heterocycles. The van der Waals surface area contributed by atoms with Gasteiger partial charge in [0.15, 0.2) is 0 Å². The average Bonchev–Trinajstić information content (AvgIpc) is 2.67. The van der Waals surface area contributed by atoms with Crippen LogP contribution in [-0.4, -0.2) is 16.6 Å². The Balaban J connectivity index is 1.59. The molecular weight excluding hydrogens is 381 g/mol. The van der Waals surface area contributed by atoms with E-state index in [9.17, 15) is 13.2 Å². The molecule has 1 aliphatic rings. The zero-order valence-corrected chi connectivity index (χ0v) is 15.5. The summed E-state index contributed by atoms with van der Waals surface area (Å²) in [5, 5.41) is 0. The van der Waals surface area contributed by atoms with Crippen LogP contribution in [0.25, 0.3) is 11.1 Å². The fourth-order valence-electron chi connectivity index (χ4n) is 3.08. The van der Waals surface area contributed by atoms with Gasteiger partial charge in [-0.1, -0.05) is 24.6 Å². The lowest BCUT2D eigenvalue weighted by Gasteiger charge is -2.25. The second-order valence-corrected chi connectivity index (χ2v) is 6.94. The first-order chi connectivity index (χ1) is 14.0. The van der Waals surface area contributed by atoms with Gasteiger partial charge in [-0.3, -0.25) is 0 Å². The molecule has 3 aromatic rings. The van der Waals surface area contributed by atoms with Crippen molar-refractivity contribution in [1.29, 1.82) is 0 Å². The highest BCUT2D eigenvalue weighted by molar-refractivity contribution is 5.74. The molecular formula is C22H19F3N2O2. The second kappa shape index (κ2) is 8.11. The van der Waals surface area contributed by atoms with E-state index >= 15 is 0 Å². The van der Waals surface area contributed by atoms with E-state index in [1.807, 2.05) is 30.3 Å². The van der Waals surface area contributed by atoms with Gasteiger partial charge in [-0.15, -0.1) is 0 Å². The Kier molecular flexibility index (Phi) is 5.38. The molecule has 2 heterocycles. The summed E-state index contributed by atoms with van der Waals surface area (Å²) >= 11 is 0. The molecule has 1 fully saturated rings. The molecule has 0 N–H and O–H groups in total. The molecule has 0 spiro atoms. The van der Waals surface area contributed by atoms with Gasteiger partial charge in [0.05, 0.1) is 12.8 Å². The highest BCUT2D eigenvalue weighted by Crippen LogP contribution is 2.38. The first kappa shape index (κ1) is 19.2. The van der Waals surface area contributed by atoms with Crippen molar-refractivity contribution in [1.82, 2.24) is 9.97 Å². The second-order valence-electron chi connectivity index (χ2n) is 6.94. The summed E-state index contributed by atoms with van der Waals surface area (Å²) in [6.07, 6.45) is 1.73. The van der Waals surface area contributed by atoms with Gasteiger partial charge < -0.3 is 9.47 Å². The van der Waals surface area contributed by atoms with Gasteiger partial charge >= 0.3 is 6.18 Å². The molecule has 1 aromatic carbocycles. The molecule has 1 saturated carbocycles. The van der Waals surface area contributed by atoms with Gasteiger partial charge in [0, 0.05) is 17.3 Å². The van der Waals surface area contributed by atoms with Crippen molar-refractivity contribution in [3.05, 3.63) is 66.6 Å². The number of para-hydroxylation sites is 1. The number of ether oxygens (including phenoxy) is 2. The Labute approximate surface area is 166 Å². The summed E-state index contributed by atoms with van der Waals surface area (Å²) < 4.78 is 49.9. The summed E-state index contributed by atoms with van der Waals surface area (Å²) in [7, 11) is 0. The third-order valence-corrected chi connectivity index (χ3v) is 4.89. The number of pyridine rings is 2. The predicted octanol–water partition coefficient (Wildman–Crippen LogP) is 6.13. The summed E-state index contributed by atoms with van der Waals surface area (Å²) in [6, 6.07) is 13.3. The van der Waals surface area contributed by atoms with Crippen molar-refractivity contribution in [2.75, 3.05) is 6.61 Å². The van der Waals surface area contributed by atoms with Crippen LogP contribution in [0.2, 0.25) is 0 Å². The Bertz CT molecular complexity index is 970. The van der Waals surface area contributed by atoms with E-state index < -0.39 is 11.9 Å². The maximum atomic E-state index is 12.7. The Morgan fingerprint density at radius 3 is 2.41 bits per heavy atom. The van der Waals surface area contributed by atoms with E-state index in [0.717, 1.165) is 23.6 Å². The number of nitrogens with zero attached hydrogens (tertiary/aromatic N) is 2. The largest absolute Gasteiger partial charge is 0.493 e. The number of hydrogen-bond acceptors (Lipinski definition) is 4. The van der Waals surface area contributed by atoms with Gasteiger partial charge in [0.1, 0.15) is 17.2 Å². The monoisotopic (exact) mass is 400 g/mol. The number of alkyl halides is 3. The topological polar surface area (TPSA) is 44.2 Å². The minimum Gasteiger partial charge on any atom is -0.493 e. The van der Waals surface area contributed by atoms with Gasteiger partial charge in [-0.05, 0) is 49.1 Å². The zero-order chi connectivity index (χ0) is 20.3. The third-order valence-electron chi connectivity index (χ3n) is 4.89. The van der Waals surface area contributed by atoms with Crippen LogP contribution in [0.3, 0.4) is 0 Å². The van der Waals surface area contributed by atoms with Crippen LogP contribution in [0.5, 0.6) is 17.4 Å². The van der Waals surface area contributed by atoms with Crippen LogP contribution < -0.4 is 9.47 Å². The summed E-state index contributed by atoms with van der Waals surface area (Å²) in [4.78, 5) is 7.69. The number of aromatic nitrogens is 2. The third kappa shape index (κ3) is 4.50. The van der Waals surface area contributed by atoms with Crippen LogP contribution >= 0.6 is 0 Å². The molecule has 150 valence electrons. The standard InChI is InChI=1S/C22H19F3N2O2/c23-22(24,25)20-11-10-16(13-27-20)29-21-18(8-4-12-26-21)17-7-1-2-9-19(17)28-14-15-5-3-6-15/h1-2,4,7-13,15H,3,5-6,14H2. The van der Waals surface area contributed by atoms with Crippen LogP contribution in [-0.2, 0) is 6.18 Å². The van der Waals surface area contributed by atoms with Gasteiger partial charge in [0.2, 0.25) is 5.88 Å². The number of hydrogen-bond donors (Lipinski definition) is 0. The molecule has 0 bridgehead atoms. The molecule has 29 heavy (non-hydrogen) atoms. The molecule has 7 heteroatoms.